The highest BCUT2D eigenvalue weighted by Gasteiger charge is 2.43. The second-order valence-corrected chi connectivity index (χ2v) is 5.18. The first-order valence-corrected chi connectivity index (χ1v) is 6.54. The molecular formula is C12H20ClF2N3O2. The van der Waals surface area contributed by atoms with Gasteiger partial charge in [-0.15, -0.1) is 12.4 Å². The molecule has 0 saturated carbocycles. The normalized spacial score (nSPS) is 25.9. The SMILES string of the molecule is CC(=O)N1CCCN(C(=O)C2CC(F)(F)CN2)CC1.Cl. The van der Waals surface area contributed by atoms with E-state index in [4.69, 9.17) is 0 Å². The van der Waals surface area contributed by atoms with Crippen LogP contribution in [0.15, 0.2) is 0 Å². The van der Waals surface area contributed by atoms with Crippen molar-refractivity contribution in [2.24, 2.45) is 0 Å². The van der Waals surface area contributed by atoms with Gasteiger partial charge in [-0.25, -0.2) is 8.78 Å². The number of carbonyl (C=O) groups excluding carboxylic acids is 2. The van der Waals surface area contributed by atoms with Crippen LogP contribution in [0, 0.1) is 0 Å². The molecule has 8 heteroatoms. The van der Waals surface area contributed by atoms with Gasteiger partial charge < -0.3 is 9.80 Å². The van der Waals surface area contributed by atoms with Gasteiger partial charge in [0.05, 0.1) is 12.6 Å². The van der Waals surface area contributed by atoms with Gasteiger partial charge in [0.2, 0.25) is 11.8 Å². The fourth-order valence-corrected chi connectivity index (χ4v) is 2.56. The molecule has 116 valence electrons. The monoisotopic (exact) mass is 311 g/mol. The van der Waals surface area contributed by atoms with Crippen LogP contribution in [0.3, 0.4) is 0 Å². The molecule has 2 saturated heterocycles. The Kier molecular flexibility index (Phi) is 5.70. The summed E-state index contributed by atoms with van der Waals surface area (Å²) in [7, 11) is 0. The fraction of sp³-hybridized carbons (Fsp3) is 0.833. The maximum Gasteiger partial charge on any atom is 0.262 e. The molecule has 2 amide bonds. The van der Waals surface area contributed by atoms with Crippen molar-refractivity contribution in [3.05, 3.63) is 0 Å². The zero-order chi connectivity index (χ0) is 14.0. The van der Waals surface area contributed by atoms with E-state index in [2.05, 4.69) is 5.32 Å². The van der Waals surface area contributed by atoms with Gasteiger partial charge in [0.15, 0.2) is 0 Å². The van der Waals surface area contributed by atoms with Crippen LogP contribution in [0.4, 0.5) is 8.78 Å². The lowest BCUT2D eigenvalue weighted by Gasteiger charge is -2.24. The minimum absolute atomic E-state index is 0. The third-order valence-electron chi connectivity index (χ3n) is 3.66. The lowest BCUT2D eigenvalue weighted by molar-refractivity contribution is -0.134. The number of nitrogens with zero attached hydrogens (tertiary/aromatic N) is 2. The van der Waals surface area contributed by atoms with Crippen molar-refractivity contribution in [3.63, 3.8) is 0 Å². The van der Waals surface area contributed by atoms with E-state index < -0.39 is 24.9 Å². The Morgan fingerprint density at radius 2 is 1.75 bits per heavy atom. The molecule has 0 aromatic carbocycles. The summed E-state index contributed by atoms with van der Waals surface area (Å²) in [5, 5.41) is 2.58. The maximum atomic E-state index is 13.1. The highest BCUT2D eigenvalue weighted by atomic mass is 35.5. The summed E-state index contributed by atoms with van der Waals surface area (Å²) in [5.41, 5.74) is 0. The van der Waals surface area contributed by atoms with Crippen molar-refractivity contribution in [1.29, 1.82) is 0 Å². The topological polar surface area (TPSA) is 52.7 Å². The predicted octanol–water partition coefficient (Wildman–Crippen LogP) is 0.486. The number of alkyl halides is 2. The first-order valence-electron chi connectivity index (χ1n) is 6.54. The second-order valence-electron chi connectivity index (χ2n) is 5.18. The third kappa shape index (κ3) is 4.02. The number of halogens is 3. The Hall–Kier alpha value is -0.950. The molecule has 2 aliphatic rings. The highest BCUT2D eigenvalue weighted by molar-refractivity contribution is 5.85. The zero-order valence-electron chi connectivity index (χ0n) is 11.4. The van der Waals surface area contributed by atoms with Crippen LogP contribution in [0.5, 0.6) is 0 Å². The van der Waals surface area contributed by atoms with Crippen LogP contribution in [-0.2, 0) is 9.59 Å². The van der Waals surface area contributed by atoms with Crippen molar-refractivity contribution < 1.29 is 18.4 Å². The summed E-state index contributed by atoms with van der Waals surface area (Å²) >= 11 is 0. The fourth-order valence-electron chi connectivity index (χ4n) is 2.56. The van der Waals surface area contributed by atoms with Gasteiger partial charge in [-0.3, -0.25) is 14.9 Å². The molecule has 2 fully saturated rings. The molecule has 2 aliphatic heterocycles. The largest absolute Gasteiger partial charge is 0.341 e. The van der Waals surface area contributed by atoms with Gasteiger partial charge >= 0.3 is 0 Å². The lowest BCUT2D eigenvalue weighted by Crippen LogP contribution is -2.45. The van der Waals surface area contributed by atoms with Crippen molar-refractivity contribution in [2.45, 2.75) is 31.7 Å². The minimum atomic E-state index is -2.79. The minimum Gasteiger partial charge on any atom is -0.341 e. The molecular weight excluding hydrogens is 292 g/mol. The zero-order valence-corrected chi connectivity index (χ0v) is 12.2. The number of nitrogens with one attached hydrogen (secondary N) is 1. The number of amides is 2. The standard InChI is InChI=1S/C12H19F2N3O2.ClH/c1-9(18)16-3-2-4-17(6-5-16)11(19)10-7-12(13,14)8-15-10;/h10,15H,2-8H2,1H3;1H. The smallest absolute Gasteiger partial charge is 0.262 e. The molecule has 0 bridgehead atoms. The third-order valence-corrected chi connectivity index (χ3v) is 3.66. The Morgan fingerprint density at radius 1 is 1.15 bits per heavy atom. The molecule has 2 heterocycles. The molecule has 0 radical (unpaired) electrons. The molecule has 0 aromatic heterocycles. The molecule has 2 rings (SSSR count). The number of hydrogen-bond donors (Lipinski definition) is 1. The lowest BCUT2D eigenvalue weighted by atomic mass is 10.1. The van der Waals surface area contributed by atoms with Crippen LogP contribution in [0.2, 0.25) is 0 Å². The number of hydrogen-bond acceptors (Lipinski definition) is 3. The van der Waals surface area contributed by atoms with Crippen LogP contribution < -0.4 is 5.32 Å². The summed E-state index contributed by atoms with van der Waals surface area (Å²) in [6.07, 6.45) is 0.257. The Balaban J connectivity index is 0.00000200. The molecule has 20 heavy (non-hydrogen) atoms. The van der Waals surface area contributed by atoms with E-state index in [9.17, 15) is 18.4 Å². The molecule has 1 atom stereocenters. The van der Waals surface area contributed by atoms with Crippen molar-refractivity contribution >= 4 is 24.2 Å². The van der Waals surface area contributed by atoms with Gasteiger partial charge in [-0.05, 0) is 6.42 Å². The average Bonchev–Trinajstić information content (AvgIpc) is 2.57. The van der Waals surface area contributed by atoms with Gasteiger partial charge in [0.1, 0.15) is 0 Å². The Labute approximate surface area is 123 Å². The van der Waals surface area contributed by atoms with Crippen LogP contribution >= 0.6 is 12.4 Å². The van der Waals surface area contributed by atoms with Gasteiger partial charge in [-0.1, -0.05) is 0 Å². The quantitative estimate of drug-likeness (QED) is 0.767. The number of rotatable bonds is 1. The van der Waals surface area contributed by atoms with Crippen molar-refractivity contribution in [1.82, 2.24) is 15.1 Å². The van der Waals surface area contributed by atoms with E-state index >= 15 is 0 Å². The predicted molar refractivity (Wildman–Crippen MR) is 72.1 cm³/mol. The summed E-state index contributed by atoms with van der Waals surface area (Å²) in [4.78, 5) is 26.7. The van der Waals surface area contributed by atoms with E-state index in [1.165, 1.54) is 6.92 Å². The molecule has 0 aliphatic carbocycles. The van der Waals surface area contributed by atoms with Crippen LogP contribution in [0.25, 0.3) is 0 Å². The molecule has 5 nitrogen and oxygen atoms in total. The van der Waals surface area contributed by atoms with E-state index in [1.807, 2.05) is 0 Å². The van der Waals surface area contributed by atoms with Gasteiger partial charge in [0.25, 0.3) is 5.92 Å². The molecule has 1 unspecified atom stereocenters. The second kappa shape index (κ2) is 6.67. The van der Waals surface area contributed by atoms with E-state index in [0.717, 1.165) is 0 Å². The Bertz CT molecular complexity index is 382. The van der Waals surface area contributed by atoms with Crippen LogP contribution in [-0.4, -0.2) is 66.3 Å². The van der Waals surface area contributed by atoms with Crippen LogP contribution in [0.1, 0.15) is 19.8 Å². The first-order chi connectivity index (χ1) is 8.89. The summed E-state index contributed by atoms with van der Waals surface area (Å²) in [5.74, 6) is -3.08. The van der Waals surface area contributed by atoms with Crippen molar-refractivity contribution in [2.75, 3.05) is 32.7 Å². The molecule has 0 aromatic rings. The Morgan fingerprint density at radius 3 is 2.30 bits per heavy atom. The summed E-state index contributed by atoms with van der Waals surface area (Å²) in [6.45, 7) is 3.10. The highest BCUT2D eigenvalue weighted by Crippen LogP contribution is 2.26. The van der Waals surface area contributed by atoms with E-state index in [-0.39, 0.29) is 24.2 Å². The first kappa shape index (κ1) is 17.1. The number of carbonyl (C=O) groups is 2. The van der Waals surface area contributed by atoms with E-state index in [0.29, 0.717) is 32.6 Å². The molecule has 1 N–H and O–H groups in total. The maximum absolute atomic E-state index is 13.1. The summed E-state index contributed by atoms with van der Waals surface area (Å²) < 4.78 is 26.2. The van der Waals surface area contributed by atoms with Crippen molar-refractivity contribution in [3.8, 4) is 0 Å². The average molecular weight is 312 g/mol. The van der Waals surface area contributed by atoms with Gasteiger partial charge in [0, 0.05) is 39.5 Å². The molecule has 0 spiro atoms. The van der Waals surface area contributed by atoms with E-state index in [1.54, 1.807) is 9.80 Å². The van der Waals surface area contributed by atoms with Gasteiger partial charge in [-0.2, -0.15) is 0 Å². The summed E-state index contributed by atoms with van der Waals surface area (Å²) in [6, 6.07) is -0.793.